The molecular weight excluding hydrogens is 572 g/mol. The van der Waals surface area contributed by atoms with Gasteiger partial charge in [0.15, 0.2) is 5.82 Å². The zero-order chi connectivity index (χ0) is 31.2. The van der Waals surface area contributed by atoms with E-state index in [1.165, 1.54) is 5.56 Å². The van der Waals surface area contributed by atoms with E-state index in [-0.39, 0.29) is 29.7 Å². The zero-order valence-electron chi connectivity index (χ0n) is 24.3. The molecule has 1 atom stereocenters. The number of nitrogens with one attached hydrogen (secondary N) is 1. The Bertz CT molecular complexity index is 1870. The highest BCUT2D eigenvalue weighted by Crippen LogP contribution is 2.36. The summed E-state index contributed by atoms with van der Waals surface area (Å²) in [7, 11) is 0. The fourth-order valence-corrected chi connectivity index (χ4v) is 6.52. The van der Waals surface area contributed by atoms with Crippen LogP contribution in [0.15, 0.2) is 72.8 Å². The van der Waals surface area contributed by atoms with Gasteiger partial charge in [0.2, 0.25) is 11.8 Å². The Morgan fingerprint density at radius 1 is 0.778 bits per heavy atom. The summed E-state index contributed by atoms with van der Waals surface area (Å²) in [5.74, 6) is -1.24. The van der Waals surface area contributed by atoms with Gasteiger partial charge in [0, 0.05) is 36.3 Å². The van der Waals surface area contributed by atoms with Crippen molar-refractivity contribution in [1.82, 2.24) is 20.4 Å². The number of fused-ring (bicyclic) bond motifs is 1. The summed E-state index contributed by atoms with van der Waals surface area (Å²) in [5.41, 5.74) is 11.6. The summed E-state index contributed by atoms with van der Waals surface area (Å²) >= 11 is 0. The SMILES string of the molecule is Nc1nnc(-c2ccccc2O)cc1-c1ccc(C2CCN(c3ccc4c(c3)C(=O)N(C3CCC(=O)NC3=O)C4=O)CC2)cc1. The van der Waals surface area contributed by atoms with E-state index in [1.54, 1.807) is 30.3 Å². The summed E-state index contributed by atoms with van der Waals surface area (Å²) in [4.78, 5) is 53.4. The lowest BCUT2D eigenvalue weighted by Gasteiger charge is -2.34. The smallest absolute Gasteiger partial charge is 0.262 e. The third-order valence-electron chi connectivity index (χ3n) is 8.98. The van der Waals surface area contributed by atoms with Crippen LogP contribution in [0.3, 0.4) is 0 Å². The van der Waals surface area contributed by atoms with Crippen LogP contribution in [-0.2, 0) is 9.59 Å². The van der Waals surface area contributed by atoms with Gasteiger partial charge in [0.25, 0.3) is 11.8 Å². The van der Waals surface area contributed by atoms with Crippen LogP contribution in [0.4, 0.5) is 11.5 Å². The first-order chi connectivity index (χ1) is 21.8. The Labute approximate surface area is 258 Å². The maximum absolute atomic E-state index is 13.3. The Kier molecular flexibility index (Phi) is 7.00. The normalized spacial score (nSPS) is 18.7. The van der Waals surface area contributed by atoms with Crippen molar-refractivity contribution in [2.45, 2.75) is 37.6 Å². The number of carbonyl (C=O) groups is 4. The second-order valence-corrected chi connectivity index (χ2v) is 11.6. The van der Waals surface area contributed by atoms with Crippen LogP contribution in [0, 0.1) is 0 Å². The van der Waals surface area contributed by atoms with Crippen molar-refractivity contribution in [3.05, 3.63) is 89.5 Å². The van der Waals surface area contributed by atoms with E-state index in [2.05, 4.69) is 32.5 Å². The average molecular weight is 603 g/mol. The molecule has 3 aromatic carbocycles. The minimum atomic E-state index is -0.980. The van der Waals surface area contributed by atoms with E-state index < -0.39 is 29.7 Å². The van der Waals surface area contributed by atoms with E-state index in [1.807, 2.05) is 30.3 Å². The van der Waals surface area contributed by atoms with Gasteiger partial charge in [-0.2, -0.15) is 0 Å². The topological polar surface area (TPSA) is 159 Å². The van der Waals surface area contributed by atoms with Crippen molar-refractivity contribution in [3.63, 3.8) is 0 Å². The number of nitrogen functional groups attached to an aromatic ring is 1. The van der Waals surface area contributed by atoms with Crippen molar-refractivity contribution < 1.29 is 24.3 Å². The predicted molar refractivity (Wildman–Crippen MR) is 166 cm³/mol. The summed E-state index contributed by atoms with van der Waals surface area (Å²) < 4.78 is 0. The molecular formula is C34H30N6O5. The molecule has 0 saturated carbocycles. The highest BCUT2D eigenvalue weighted by atomic mass is 16.3. The van der Waals surface area contributed by atoms with Crippen LogP contribution in [0.5, 0.6) is 5.75 Å². The second-order valence-electron chi connectivity index (χ2n) is 11.6. The van der Waals surface area contributed by atoms with Crippen molar-refractivity contribution in [3.8, 4) is 28.1 Å². The number of carbonyl (C=O) groups excluding carboxylic acids is 4. The number of benzene rings is 3. The summed E-state index contributed by atoms with van der Waals surface area (Å²) in [5, 5.41) is 20.8. The summed E-state index contributed by atoms with van der Waals surface area (Å²) in [6.07, 6.45) is 2.02. The van der Waals surface area contributed by atoms with Crippen molar-refractivity contribution >= 4 is 35.1 Å². The molecule has 0 aliphatic carbocycles. The van der Waals surface area contributed by atoms with Crippen LogP contribution < -0.4 is 16.0 Å². The molecule has 4 heterocycles. The number of aromatic nitrogens is 2. The first kappa shape index (κ1) is 28.2. The lowest BCUT2D eigenvalue weighted by Crippen LogP contribution is -2.54. The minimum Gasteiger partial charge on any atom is -0.507 e. The number of piperidine rings is 2. The second kappa shape index (κ2) is 11.2. The van der Waals surface area contributed by atoms with E-state index >= 15 is 0 Å². The molecule has 45 heavy (non-hydrogen) atoms. The summed E-state index contributed by atoms with van der Waals surface area (Å²) in [6, 6.07) is 21.4. The third-order valence-corrected chi connectivity index (χ3v) is 8.98. The molecule has 2 fully saturated rings. The standard InChI is InChI=1S/C34H30N6O5/c35-31-25(18-27(37-38-31)24-3-1-2-4-29(24)41)21-7-5-19(6-8-21)20-13-15-39(16-14-20)22-9-10-23-26(17-22)34(45)40(33(23)44)28-11-12-30(42)36-32(28)43/h1-10,17-18,20,28,41H,11-16H2,(H2,35,38)(H,36,42,43). The Hall–Kier alpha value is -5.58. The molecule has 2 saturated heterocycles. The van der Waals surface area contributed by atoms with Gasteiger partial charge in [0.1, 0.15) is 11.8 Å². The van der Waals surface area contributed by atoms with Crippen molar-refractivity contribution in [2.75, 3.05) is 23.7 Å². The van der Waals surface area contributed by atoms with Crippen LogP contribution >= 0.6 is 0 Å². The van der Waals surface area contributed by atoms with Gasteiger partial charge in [-0.3, -0.25) is 29.4 Å². The predicted octanol–water partition coefficient (Wildman–Crippen LogP) is 3.88. The maximum atomic E-state index is 13.3. The Balaban J connectivity index is 1.03. The molecule has 0 radical (unpaired) electrons. The number of hydrogen-bond acceptors (Lipinski definition) is 9. The van der Waals surface area contributed by atoms with Gasteiger partial charge in [-0.05, 0) is 72.7 Å². The molecule has 226 valence electrons. The number of para-hydroxylation sites is 1. The number of hydrogen-bond donors (Lipinski definition) is 3. The fraction of sp³-hybridized carbons (Fsp3) is 0.235. The first-order valence-corrected chi connectivity index (χ1v) is 14.9. The number of nitrogens with two attached hydrogens (primary N) is 1. The quantitative estimate of drug-likeness (QED) is 0.288. The minimum absolute atomic E-state index is 0.0856. The van der Waals surface area contributed by atoms with Crippen LogP contribution in [-0.4, -0.2) is 63.0 Å². The van der Waals surface area contributed by atoms with Crippen LogP contribution in [0.25, 0.3) is 22.4 Å². The molecule has 4 N–H and O–H groups in total. The zero-order valence-corrected chi connectivity index (χ0v) is 24.3. The molecule has 3 aliphatic rings. The Morgan fingerprint density at radius 3 is 2.24 bits per heavy atom. The summed E-state index contributed by atoms with van der Waals surface area (Å²) in [6.45, 7) is 1.55. The number of anilines is 2. The molecule has 1 unspecified atom stereocenters. The number of rotatable bonds is 5. The van der Waals surface area contributed by atoms with Crippen LogP contribution in [0.2, 0.25) is 0 Å². The molecule has 11 heteroatoms. The fourth-order valence-electron chi connectivity index (χ4n) is 6.52. The van der Waals surface area contributed by atoms with Gasteiger partial charge >= 0.3 is 0 Å². The average Bonchev–Trinajstić information content (AvgIpc) is 3.30. The van der Waals surface area contributed by atoms with E-state index in [0.717, 1.165) is 47.6 Å². The van der Waals surface area contributed by atoms with E-state index in [4.69, 9.17) is 5.73 Å². The lowest BCUT2D eigenvalue weighted by molar-refractivity contribution is -0.136. The number of phenolic OH excluding ortho intramolecular Hbond substituents is 1. The van der Waals surface area contributed by atoms with Crippen molar-refractivity contribution in [2.24, 2.45) is 0 Å². The lowest BCUT2D eigenvalue weighted by atomic mass is 9.88. The largest absolute Gasteiger partial charge is 0.507 e. The number of amides is 4. The number of nitrogens with zero attached hydrogens (tertiary/aromatic N) is 4. The number of imide groups is 2. The molecule has 0 spiro atoms. The van der Waals surface area contributed by atoms with Gasteiger partial charge in [-0.1, -0.05) is 36.4 Å². The van der Waals surface area contributed by atoms with E-state index in [9.17, 15) is 24.3 Å². The molecule has 7 rings (SSSR count). The highest BCUT2D eigenvalue weighted by molar-refractivity contribution is 6.23. The van der Waals surface area contributed by atoms with Crippen LogP contribution in [0.1, 0.15) is 57.9 Å². The highest BCUT2D eigenvalue weighted by Gasteiger charge is 2.44. The number of aromatic hydroxyl groups is 1. The molecule has 0 bridgehead atoms. The molecule has 4 amide bonds. The van der Waals surface area contributed by atoms with Gasteiger partial charge in [0.05, 0.1) is 16.8 Å². The Morgan fingerprint density at radius 2 is 1.51 bits per heavy atom. The molecule has 11 nitrogen and oxygen atoms in total. The van der Waals surface area contributed by atoms with Gasteiger partial charge in [-0.15, -0.1) is 10.2 Å². The maximum Gasteiger partial charge on any atom is 0.262 e. The van der Waals surface area contributed by atoms with E-state index in [0.29, 0.717) is 23.0 Å². The molecule has 4 aromatic rings. The third kappa shape index (κ3) is 5.05. The monoisotopic (exact) mass is 602 g/mol. The van der Waals surface area contributed by atoms with Gasteiger partial charge < -0.3 is 15.7 Å². The first-order valence-electron chi connectivity index (χ1n) is 14.9. The number of phenols is 1. The molecule has 3 aliphatic heterocycles. The van der Waals surface area contributed by atoms with Gasteiger partial charge in [-0.25, -0.2) is 0 Å². The van der Waals surface area contributed by atoms with Crippen molar-refractivity contribution in [1.29, 1.82) is 0 Å². The molecule has 1 aromatic heterocycles.